The van der Waals surface area contributed by atoms with Crippen LogP contribution in [-0.4, -0.2) is 12.3 Å². The Bertz CT molecular complexity index is 246. The first-order chi connectivity index (χ1) is 6.27. The van der Waals surface area contributed by atoms with Crippen molar-refractivity contribution >= 4 is 11.8 Å². The smallest absolute Gasteiger partial charge is 0.0419 e. The number of nitrogens with two attached hydrogens (primary N) is 2. The van der Waals surface area contributed by atoms with Gasteiger partial charge in [-0.15, -0.1) is 11.8 Å². The summed E-state index contributed by atoms with van der Waals surface area (Å²) in [5.41, 5.74) is 12.4. The third kappa shape index (κ3) is 3.03. The first-order valence-corrected chi connectivity index (χ1v) is 5.45. The highest BCUT2D eigenvalue weighted by Crippen LogP contribution is 2.19. The summed E-state index contributed by atoms with van der Waals surface area (Å²) in [7, 11) is 0. The summed E-state index contributed by atoms with van der Waals surface area (Å²) in [5.74, 6) is 1.10. The maximum Gasteiger partial charge on any atom is 0.0419 e. The highest BCUT2D eigenvalue weighted by Gasteiger charge is 2.02. The minimum absolute atomic E-state index is 0.0272. The molecule has 1 aromatic rings. The molecule has 1 unspecified atom stereocenters. The van der Waals surface area contributed by atoms with Crippen molar-refractivity contribution in [1.29, 1.82) is 0 Å². The van der Waals surface area contributed by atoms with Gasteiger partial charge in [0.15, 0.2) is 0 Å². The fraction of sp³-hybridized carbons (Fsp3) is 0.400. The van der Waals surface area contributed by atoms with Gasteiger partial charge in [0.2, 0.25) is 0 Å². The van der Waals surface area contributed by atoms with Gasteiger partial charge in [0, 0.05) is 17.5 Å². The number of benzene rings is 1. The molecular formula is C10H16N2S. The fourth-order valence-electron chi connectivity index (χ4n) is 1.11. The van der Waals surface area contributed by atoms with Crippen LogP contribution in [0.5, 0.6) is 0 Å². The van der Waals surface area contributed by atoms with Crippen LogP contribution in [0.3, 0.4) is 0 Å². The third-order valence-electron chi connectivity index (χ3n) is 1.87. The second-order valence-electron chi connectivity index (χ2n) is 2.84. The molecule has 0 saturated carbocycles. The van der Waals surface area contributed by atoms with E-state index in [1.807, 2.05) is 11.8 Å². The molecule has 0 saturated heterocycles. The highest BCUT2D eigenvalue weighted by molar-refractivity contribution is 7.99. The molecule has 0 radical (unpaired) electrons. The summed E-state index contributed by atoms with van der Waals surface area (Å²) >= 11 is 1.83. The molecule has 4 N–H and O–H groups in total. The first kappa shape index (κ1) is 10.6. The molecule has 0 heterocycles. The van der Waals surface area contributed by atoms with Gasteiger partial charge in [-0.25, -0.2) is 0 Å². The minimum atomic E-state index is -0.0272. The van der Waals surface area contributed by atoms with Gasteiger partial charge in [0.25, 0.3) is 0 Å². The van der Waals surface area contributed by atoms with E-state index >= 15 is 0 Å². The minimum Gasteiger partial charge on any atom is -0.329 e. The molecule has 0 aliphatic heterocycles. The molecule has 72 valence electrons. The third-order valence-corrected chi connectivity index (χ3v) is 2.77. The van der Waals surface area contributed by atoms with E-state index in [4.69, 9.17) is 11.5 Å². The van der Waals surface area contributed by atoms with Crippen molar-refractivity contribution in [2.45, 2.75) is 17.9 Å². The molecule has 1 rings (SSSR count). The Kier molecular flexibility index (Phi) is 4.28. The Balaban J connectivity index is 2.69. The van der Waals surface area contributed by atoms with Crippen molar-refractivity contribution in [3.63, 3.8) is 0 Å². The monoisotopic (exact) mass is 196 g/mol. The van der Waals surface area contributed by atoms with Crippen LogP contribution in [0.15, 0.2) is 29.2 Å². The van der Waals surface area contributed by atoms with Crippen LogP contribution in [0.1, 0.15) is 18.5 Å². The number of hydrogen-bond acceptors (Lipinski definition) is 3. The zero-order chi connectivity index (χ0) is 9.68. The predicted octanol–water partition coefficient (Wildman–Crippen LogP) is 1.76. The van der Waals surface area contributed by atoms with Crippen molar-refractivity contribution in [1.82, 2.24) is 0 Å². The van der Waals surface area contributed by atoms with E-state index in [0.29, 0.717) is 6.54 Å². The molecular weight excluding hydrogens is 180 g/mol. The van der Waals surface area contributed by atoms with E-state index in [2.05, 4.69) is 31.2 Å². The maximum atomic E-state index is 5.79. The lowest BCUT2D eigenvalue weighted by Crippen LogP contribution is -2.20. The van der Waals surface area contributed by atoms with Gasteiger partial charge in [0.05, 0.1) is 0 Å². The average molecular weight is 196 g/mol. The molecule has 0 fully saturated rings. The van der Waals surface area contributed by atoms with Crippen LogP contribution in [0.25, 0.3) is 0 Å². The van der Waals surface area contributed by atoms with Crippen molar-refractivity contribution in [3.05, 3.63) is 29.8 Å². The lowest BCUT2D eigenvalue weighted by atomic mass is 10.1. The van der Waals surface area contributed by atoms with Gasteiger partial charge in [-0.3, -0.25) is 0 Å². The van der Waals surface area contributed by atoms with Gasteiger partial charge < -0.3 is 11.5 Å². The summed E-state index contributed by atoms with van der Waals surface area (Å²) in [6, 6.07) is 8.27. The Hall–Kier alpha value is -0.510. The van der Waals surface area contributed by atoms with Crippen molar-refractivity contribution in [2.24, 2.45) is 11.5 Å². The van der Waals surface area contributed by atoms with Crippen LogP contribution < -0.4 is 11.5 Å². The average Bonchev–Trinajstić information content (AvgIpc) is 2.18. The van der Waals surface area contributed by atoms with Crippen LogP contribution in [-0.2, 0) is 0 Å². The summed E-state index contributed by atoms with van der Waals surface area (Å²) in [4.78, 5) is 1.29. The van der Waals surface area contributed by atoms with Crippen molar-refractivity contribution < 1.29 is 0 Å². The van der Waals surface area contributed by atoms with Gasteiger partial charge >= 0.3 is 0 Å². The molecule has 1 atom stereocenters. The molecule has 0 aromatic heterocycles. The quantitative estimate of drug-likeness (QED) is 0.721. The lowest BCUT2D eigenvalue weighted by Gasteiger charge is -2.09. The normalized spacial score (nSPS) is 12.8. The van der Waals surface area contributed by atoms with E-state index in [1.165, 1.54) is 4.90 Å². The van der Waals surface area contributed by atoms with Crippen molar-refractivity contribution in [3.8, 4) is 0 Å². The topological polar surface area (TPSA) is 52.0 Å². The number of rotatable bonds is 4. The molecule has 0 aliphatic carbocycles. The zero-order valence-corrected chi connectivity index (χ0v) is 8.68. The molecule has 1 aromatic carbocycles. The van der Waals surface area contributed by atoms with E-state index in [0.717, 1.165) is 11.3 Å². The molecule has 13 heavy (non-hydrogen) atoms. The zero-order valence-electron chi connectivity index (χ0n) is 7.86. The Morgan fingerprint density at radius 3 is 2.38 bits per heavy atom. The SMILES string of the molecule is CCSc1ccc(C(N)CN)cc1. The molecule has 0 amide bonds. The van der Waals surface area contributed by atoms with Crippen LogP contribution in [0, 0.1) is 0 Å². The van der Waals surface area contributed by atoms with Gasteiger partial charge in [-0.05, 0) is 23.4 Å². The van der Waals surface area contributed by atoms with Gasteiger partial charge in [-0.1, -0.05) is 19.1 Å². The molecule has 2 nitrogen and oxygen atoms in total. The van der Waals surface area contributed by atoms with E-state index in [1.54, 1.807) is 0 Å². The summed E-state index contributed by atoms with van der Waals surface area (Å²) in [6.07, 6.45) is 0. The summed E-state index contributed by atoms with van der Waals surface area (Å²) in [5, 5.41) is 0. The van der Waals surface area contributed by atoms with Crippen molar-refractivity contribution in [2.75, 3.05) is 12.3 Å². The van der Waals surface area contributed by atoms with Crippen LogP contribution >= 0.6 is 11.8 Å². The Labute approximate surface area is 83.7 Å². The highest BCUT2D eigenvalue weighted by atomic mass is 32.2. The predicted molar refractivity (Wildman–Crippen MR) is 58.8 cm³/mol. The second-order valence-corrected chi connectivity index (χ2v) is 4.18. The van der Waals surface area contributed by atoms with Crippen LogP contribution in [0.2, 0.25) is 0 Å². The lowest BCUT2D eigenvalue weighted by molar-refractivity contribution is 0.736. The van der Waals surface area contributed by atoms with Gasteiger partial charge in [0.1, 0.15) is 0 Å². The summed E-state index contributed by atoms with van der Waals surface area (Å²) in [6.45, 7) is 2.64. The van der Waals surface area contributed by atoms with E-state index in [9.17, 15) is 0 Å². The Morgan fingerprint density at radius 1 is 1.31 bits per heavy atom. The maximum absolute atomic E-state index is 5.79. The Morgan fingerprint density at radius 2 is 1.92 bits per heavy atom. The molecule has 0 aliphatic rings. The molecule has 0 spiro atoms. The van der Waals surface area contributed by atoms with E-state index in [-0.39, 0.29) is 6.04 Å². The molecule has 0 bridgehead atoms. The standard InChI is InChI=1S/C10H16N2S/c1-2-13-9-5-3-8(4-6-9)10(12)7-11/h3-6,10H,2,7,11-12H2,1H3. The summed E-state index contributed by atoms with van der Waals surface area (Å²) < 4.78 is 0. The van der Waals surface area contributed by atoms with Crippen LogP contribution in [0.4, 0.5) is 0 Å². The molecule has 3 heteroatoms. The number of hydrogen-bond donors (Lipinski definition) is 2. The van der Waals surface area contributed by atoms with E-state index < -0.39 is 0 Å². The second kappa shape index (κ2) is 5.27. The van der Waals surface area contributed by atoms with Gasteiger partial charge in [-0.2, -0.15) is 0 Å². The fourth-order valence-corrected chi connectivity index (χ4v) is 1.78. The first-order valence-electron chi connectivity index (χ1n) is 4.46. The number of thioether (sulfide) groups is 1. The largest absolute Gasteiger partial charge is 0.329 e.